The number of amides is 2. The van der Waals surface area contributed by atoms with Crippen molar-refractivity contribution in [3.05, 3.63) is 12.3 Å². The van der Waals surface area contributed by atoms with Crippen LogP contribution >= 0.6 is 0 Å². The number of allylic oxidation sites excluding steroid dienone is 1. The van der Waals surface area contributed by atoms with Crippen molar-refractivity contribution in [1.82, 2.24) is 10.2 Å². The fourth-order valence-corrected chi connectivity index (χ4v) is 1.80. The van der Waals surface area contributed by atoms with Crippen LogP contribution in [0.4, 0.5) is 4.79 Å². The summed E-state index contributed by atoms with van der Waals surface area (Å²) in [6.07, 6.45) is 7.82. The maximum absolute atomic E-state index is 11.7. The smallest absolute Gasteiger partial charge is 0.323 e. The number of aldehydes is 1. The lowest BCUT2D eigenvalue weighted by Crippen LogP contribution is -2.44. The van der Waals surface area contributed by atoms with E-state index in [0.29, 0.717) is 12.7 Å². The van der Waals surface area contributed by atoms with Crippen molar-refractivity contribution in [2.24, 2.45) is 5.92 Å². The van der Waals surface area contributed by atoms with E-state index in [-0.39, 0.29) is 12.5 Å². The summed E-state index contributed by atoms with van der Waals surface area (Å²) in [5.41, 5.74) is 0. The molecule has 18 heavy (non-hydrogen) atoms. The van der Waals surface area contributed by atoms with E-state index in [1.165, 1.54) is 24.2 Å². The molecule has 0 spiro atoms. The van der Waals surface area contributed by atoms with Crippen LogP contribution in [-0.4, -0.2) is 48.3 Å². The zero-order chi connectivity index (χ0) is 13.5. The Morgan fingerprint density at radius 3 is 2.94 bits per heavy atom. The lowest BCUT2D eigenvalue weighted by atomic mass is 10.0. The zero-order valence-corrected chi connectivity index (χ0v) is 10.1. The number of aliphatic hydroxyl groups is 1. The van der Waals surface area contributed by atoms with Gasteiger partial charge in [-0.05, 0) is 12.5 Å². The number of carbonyl (C=O) groups is 2. The highest BCUT2D eigenvalue weighted by atomic mass is 16.5. The van der Waals surface area contributed by atoms with E-state index < -0.39 is 18.4 Å². The molecule has 1 aliphatic heterocycles. The van der Waals surface area contributed by atoms with Gasteiger partial charge >= 0.3 is 6.03 Å². The standard InChI is InChI=1S/C12H16N2O4/c1-3-9-7-10(8-16)18-11(9)14(5-4-6-15)12(17)13-2/h1,4-6,9-11,16H,7-8H2,2H3,(H,13,17)/b5-4-. The molecule has 6 nitrogen and oxygen atoms in total. The van der Waals surface area contributed by atoms with Gasteiger partial charge in [-0.3, -0.25) is 9.69 Å². The topological polar surface area (TPSA) is 78.9 Å². The van der Waals surface area contributed by atoms with E-state index in [4.69, 9.17) is 16.3 Å². The van der Waals surface area contributed by atoms with Gasteiger partial charge in [0, 0.05) is 13.2 Å². The fraction of sp³-hybridized carbons (Fsp3) is 0.500. The van der Waals surface area contributed by atoms with Crippen LogP contribution in [-0.2, 0) is 9.53 Å². The molecule has 1 rings (SSSR count). The zero-order valence-electron chi connectivity index (χ0n) is 10.1. The van der Waals surface area contributed by atoms with E-state index in [0.717, 1.165) is 0 Å². The van der Waals surface area contributed by atoms with Crippen LogP contribution < -0.4 is 5.32 Å². The monoisotopic (exact) mass is 252 g/mol. The Labute approximate surface area is 106 Å². The molecule has 2 N–H and O–H groups in total. The third kappa shape index (κ3) is 3.09. The number of ether oxygens (including phenoxy) is 1. The second kappa shape index (κ2) is 6.79. The number of hydrogen-bond donors (Lipinski definition) is 2. The quantitative estimate of drug-likeness (QED) is 0.409. The second-order valence-electron chi connectivity index (χ2n) is 3.78. The maximum atomic E-state index is 11.7. The van der Waals surface area contributed by atoms with Gasteiger partial charge in [0.05, 0.1) is 18.6 Å². The fourth-order valence-electron chi connectivity index (χ4n) is 1.80. The van der Waals surface area contributed by atoms with E-state index in [2.05, 4.69) is 11.2 Å². The van der Waals surface area contributed by atoms with Gasteiger partial charge in [-0.1, -0.05) is 5.92 Å². The highest BCUT2D eigenvalue weighted by Gasteiger charge is 2.38. The van der Waals surface area contributed by atoms with Gasteiger partial charge in [-0.15, -0.1) is 6.42 Å². The summed E-state index contributed by atoms with van der Waals surface area (Å²) in [5, 5.41) is 11.5. The summed E-state index contributed by atoms with van der Waals surface area (Å²) in [6, 6.07) is -0.433. The molecule has 3 unspecified atom stereocenters. The van der Waals surface area contributed by atoms with Gasteiger partial charge in [0.25, 0.3) is 0 Å². The van der Waals surface area contributed by atoms with Crippen molar-refractivity contribution in [2.75, 3.05) is 13.7 Å². The predicted molar refractivity (Wildman–Crippen MR) is 64.2 cm³/mol. The molecular weight excluding hydrogens is 236 g/mol. The number of hydrogen-bond acceptors (Lipinski definition) is 4. The first kappa shape index (κ1) is 14.2. The van der Waals surface area contributed by atoms with Crippen molar-refractivity contribution in [3.8, 4) is 12.3 Å². The summed E-state index contributed by atoms with van der Waals surface area (Å²) in [7, 11) is 1.47. The average molecular weight is 252 g/mol. The Morgan fingerprint density at radius 2 is 2.44 bits per heavy atom. The third-order valence-corrected chi connectivity index (χ3v) is 2.66. The maximum Gasteiger partial charge on any atom is 0.323 e. The normalized spacial score (nSPS) is 26.8. The van der Waals surface area contributed by atoms with Gasteiger partial charge in [-0.25, -0.2) is 4.79 Å². The summed E-state index contributed by atoms with van der Waals surface area (Å²) in [5.74, 6) is 2.21. The number of carbonyl (C=O) groups excluding carboxylic acids is 2. The number of aliphatic hydroxyl groups excluding tert-OH is 1. The molecule has 0 saturated carbocycles. The van der Waals surface area contributed by atoms with Crippen molar-refractivity contribution in [1.29, 1.82) is 0 Å². The first-order valence-electron chi connectivity index (χ1n) is 5.52. The highest BCUT2D eigenvalue weighted by molar-refractivity contribution is 5.76. The highest BCUT2D eigenvalue weighted by Crippen LogP contribution is 2.28. The van der Waals surface area contributed by atoms with Gasteiger partial charge < -0.3 is 15.2 Å². The Bertz CT molecular complexity index is 375. The molecule has 3 atom stereocenters. The number of terminal acetylenes is 1. The molecule has 0 aromatic carbocycles. The van der Waals surface area contributed by atoms with Crippen LogP contribution in [0.3, 0.4) is 0 Å². The SMILES string of the molecule is C#CC1CC(CO)OC1N(/C=C\C=O)C(=O)NC. The lowest BCUT2D eigenvalue weighted by Gasteiger charge is -2.26. The van der Waals surface area contributed by atoms with Crippen LogP contribution in [0.15, 0.2) is 12.3 Å². The molecule has 98 valence electrons. The number of nitrogens with one attached hydrogen (secondary N) is 1. The average Bonchev–Trinajstić information content (AvgIpc) is 2.82. The molecule has 0 aliphatic carbocycles. The summed E-state index contributed by atoms with van der Waals surface area (Å²) in [6.45, 7) is -0.159. The molecule has 0 aromatic heterocycles. The van der Waals surface area contributed by atoms with Crippen molar-refractivity contribution in [2.45, 2.75) is 18.8 Å². The Kier molecular flexibility index (Phi) is 5.36. The first-order chi connectivity index (χ1) is 8.67. The number of rotatable bonds is 4. The lowest BCUT2D eigenvalue weighted by molar-refractivity contribution is -0.104. The Hall–Kier alpha value is -1.84. The molecule has 0 radical (unpaired) electrons. The van der Waals surface area contributed by atoms with Gasteiger partial charge in [0.2, 0.25) is 0 Å². The van der Waals surface area contributed by atoms with E-state index >= 15 is 0 Å². The van der Waals surface area contributed by atoms with Crippen molar-refractivity contribution < 1.29 is 19.4 Å². The van der Waals surface area contributed by atoms with E-state index in [9.17, 15) is 9.59 Å². The molecular formula is C12H16N2O4. The Balaban J connectivity index is 2.90. The number of nitrogens with zero attached hydrogens (tertiary/aromatic N) is 1. The minimum atomic E-state index is -0.678. The molecule has 0 bridgehead atoms. The van der Waals surface area contributed by atoms with Gasteiger partial charge in [0.1, 0.15) is 6.29 Å². The predicted octanol–water partition coefficient (Wildman–Crippen LogP) is -0.303. The molecule has 1 aliphatic rings. The summed E-state index contributed by atoms with van der Waals surface area (Å²) in [4.78, 5) is 23.3. The molecule has 2 amide bonds. The Morgan fingerprint density at radius 1 is 1.72 bits per heavy atom. The third-order valence-electron chi connectivity index (χ3n) is 2.66. The van der Waals surface area contributed by atoms with E-state index in [1.807, 2.05) is 0 Å². The minimum absolute atomic E-state index is 0.159. The first-order valence-corrected chi connectivity index (χ1v) is 5.52. The van der Waals surface area contributed by atoms with Crippen molar-refractivity contribution >= 4 is 12.3 Å². The summed E-state index contributed by atoms with van der Waals surface area (Å²) >= 11 is 0. The van der Waals surface area contributed by atoms with Crippen LogP contribution in [0.1, 0.15) is 6.42 Å². The minimum Gasteiger partial charge on any atom is -0.394 e. The van der Waals surface area contributed by atoms with Crippen LogP contribution in [0.25, 0.3) is 0 Å². The molecule has 1 heterocycles. The molecule has 1 saturated heterocycles. The van der Waals surface area contributed by atoms with Gasteiger partial charge in [0.15, 0.2) is 6.23 Å². The van der Waals surface area contributed by atoms with Crippen LogP contribution in [0.5, 0.6) is 0 Å². The molecule has 1 fully saturated rings. The number of urea groups is 1. The second-order valence-corrected chi connectivity index (χ2v) is 3.78. The molecule has 0 aromatic rings. The molecule has 6 heteroatoms. The van der Waals surface area contributed by atoms with Gasteiger partial charge in [-0.2, -0.15) is 0 Å². The summed E-state index contributed by atoms with van der Waals surface area (Å²) < 4.78 is 5.50. The van der Waals surface area contributed by atoms with E-state index in [1.54, 1.807) is 0 Å². The largest absolute Gasteiger partial charge is 0.394 e. The van der Waals surface area contributed by atoms with Crippen LogP contribution in [0, 0.1) is 18.3 Å². The van der Waals surface area contributed by atoms with Crippen molar-refractivity contribution in [3.63, 3.8) is 0 Å². The van der Waals surface area contributed by atoms with Crippen LogP contribution in [0.2, 0.25) is 0 Å².